The molecule has 1 amide bonds. The van der Waals surface area contributed by atoms with E-state index in [0.29, 0.717) is 6.54 Å². The number of carbonyl (C=O) groups is 1. The van der Waals surface area contributed by atoms with E-state index in [1.54, 1.807) is 11.3 Å². The van der Waals surface area contributed by atoms with Crippen LogP contribution in [0.25, 0.3) is 0 Å². The number of carbonyl (C=O) groups excluding carboxylic acids is 1. The minimum absolute atomic E-state index is 0.0777. The van der Waals surface area contributed by atoms with E-state index in [2.05, 4.69) is 22.1 Å². The maximum absolute atomic E-state index is 12.3. The summed E-state index contributed by atoms with van der Waals surface area (Å²) in [5.74, 6) is 0.0777. The van der Waals surface area contributed by atoms with E-state index in [-0.39, 0.29) is 5.91 Å². The van der Waals surface area contributed by atoms with Crippen molar-refractivity contribution in [2.75, 3.05) is 6.54 Å². The standard InChI is InChI=1S/C16H19NOS/c1-16(2,14-6-4-3-5-7-14)15(18)17-10-8-13-9-11-19-12-13/h3-7,9,11-12H,8,10H2,1-2H3,(H,17,18). The lowest BCUT2D eigenvalue weighted by Crippen LogP contribution is -2.40. The van der Waals surface area contributed by atoms with E-state index in [9.17, 15) is 4.79 Å². The molecule has 0 spiro atoms. The third-order valence-electron chi connectivity index (χ3n) is 3.34. The molecule has 100 valence electrons. The molecule has 0 radical (unpaired) electrons. The van der Waals surface area contributed by atoms with Crippen LogP contribution in [0.4, 0.5) is 0 Å². The van der Waals surface area contributed by atoms with Crippen LogP contribution in [0.15, 0.2) is 47.2 Å². The average Bonchev–Trinajstić information content (AvgIpc) is 2.93. The Morgan fingerprint density at radius 3 is 2.58 bits per heavy atom. The molecule has 0 fully saturated rings. The fourth-order valence-corrected chi connectivity index (χ4v) is 2.67. The lowest BCUT2D eigenvalue weighted by atomic mass is 9.84. The third-order valence-corrected chi connectivity index (χ3v) is 4.07. The van der Waals surface area contributed by atoms with Crippen LogP contribution in [0.2, 0.25) is 0 Å². The maximum Gasteiger partial charge on any atom is 0.230 e. The monoisotopic (exact) mass is 273 g/mol. The number of thiophene rings is 1. The van der Waals surface area contributed by atoms with Crippen molar-refractivity contribution >= 4 is 17.2 Å². The first-order chi connectivity index (χ1) is 9.10. The number of hydrogen-bond acceptors (Lipinski definition) is 2. The highest BCUT2D eigenvalue weighted by Crippen LogP contribution is 2.22. The predicted molar refractivity (Wildman–Crippen MR) is 80.5 cm³/mol. The zero-order chi connectivity index (χ0) is 13.7. The molecule has 0 aliphatic carbocycles. The maximum atomic E-state index is 12.3. The summed E-state index contributed by atoms with van der Waals surface area (Å²) in [5, 5.41) is 7.21. The minimum Gasteiger partial charge on any atom is -0.355 e. The molecule has 1 aromatic heterocycles. The fourth-order valence-electron chi connectivity index (χ4n) is 1.96. The predicted octanol–water partition coefficient (Wildman–Crippen LogP) is 3.38. The van der Waals surface area contributed by atoms with Crippen molar-refractivity contribution < 1.29 is 4.79 Å². The molecule has 0 saturated carbocycles. The summed E-state index contributed by atoms with van der Waals surface area (Å²) in [6.45, 7) is 4.61. The van der Waals surface area contributed by atoms with Gasteiger partial charge in [0.15, 0.2) is 0 Å². The van der Waals surface area contributed by atoms with Crippen LogP contribution in [-0.4, -0.2) is 12.5 Å². The lowest BCUT2D eigenvalue weighted by molar-refractivity contribution is -0.125. The Hall–Kier alpha value is -1.61. The van der Waals surface area contributed by atoms with Gasteiger partial charge in [-0.15, -0.1) is 0 Å². The molecule has 0 atom stereocenters. The highest BCUT2D eigenvalue weighted by atomic mass is 32.1. The smallest absolute Gasteiger partial charge is 0.230 e. The van der Waals surface area contributed by atoms with Crippen molar-refractivity contribution in [1.29, 1.82) is 0 Å². The van der Waals surface area contributed by atoms with Crippen molar-refractivity contribution in [2.24, 2.45) is 0 Å². The average molecular weight is 273 g/mol. The molecule has 2 aromatic rings. The van der Waals surface area contributed by atoms with Gasteiger partial charge in [0.2, 0.25) is 5.91 Å². The second-order valence-electron chi connectivity index (χ2n) is 5.13. The van der Waals surface area contributed by atoms with Gasteiger partial charge >= 0.3 is 0 Å². The van der Waals surface area contributed by atoms with Gasteiger partial charge in [-0.25, -0.2) is 0 Å². The van der Waals surface area contributed by atoms with Crippen LogP contribution in [0.3, 0.4) is 0 Å². The molecule has 0 saturated heterocycles. The molecule has 0 unspecified atom stereocenters. The van der Waals surface area contributed by atoms with Crippen molar-refractivity contribution in [3.8, 4) is 0 Å². The van der Waals surface area contributed by atoms with Gasteiger partial charge in [0.05, 0.1) is 5.41 Å². The molecule has 1 N–H and O–H groups in total. The SMILES string of the molecule is CC(C)(C(=O)NCCc1ccsc1)c1ccccc1. The zero-order valence-electron chi connectivity index (χ0n) is 11.3. The molecular formula is C16H19NOS. The van der Waals surface area contributed by atoms with Gasteiger partial charge in [0.1, 0.15) is 0 Å². The Kier molecular flexibility index (Phi) is 4.38. The summed E-state index contributed by atoms with van der Waals surface area (Å²) in [6.07, 6.45) is 0.889. The molecule has 0 aliphatic heterocycles. The largest absolute Gasteiger partial charge is 0.355 e. The van der Waals surface area contributed by atoms with Gasteiger partial charge in [-0.3, -0.25) is 4.79 Å². The van der Waals surface area contributed by atoms with Crippen LogP contribution < -0.4 is 5.32 Å². The van der Waals surface area contributed by atoms with Gasteiger partial charge in [0.25, 0.3) is 0 Å². The second-order valence-corrected chi connectivity index (χ2v) is 5.91. The van der Waals surface area contributed by atoms with Crippen LogP contribution >= 0.6 is 11.3 Å². The highest BCUT2D eigenvalue weighted by Gasteiger charge is 2.28. The highest BCUT2D eigenvalue weighted by molar-refractivity contribution is 7.07. The molecule has 2 rings (SSSR count). The first kappa shape index (κ1) is 13.8. The van der Waals surface area contributed by atoms with Gasteiger partial charge in [-0.1, -0.05) is 30.3 Å². The van der Waals surface area contributed by atoms with Gasteiger partial charge in [-0.05, 0) is 48.2 Å². The summed E-state index contributed by atoms with van der Waals surface area (Å²) >= 11 is 1.69. The Bertz CT molecular complexity index is 517. The summed E-state index contributed by atoms with van der Waals surface area (Å²) in [7, 11) is 0. The van der Waals surface area contributed by atoms with Crippen molar-refractivity contribution in [3.05, 3.63) is 58.3 Å². The quantitative estimate of drug-likeness (QED) is 0.889. The summed E-state index contributed by atoms with van der Waals surface area (Å²) < 4.78 is 0. The van der Waals surface area contributed by atoms with Crippen LogP contribution in [-0.2, 0) is 16.6 Å². The molecule has 0 bridgehead atoms. The molecule has 2 nitrogen and oxygen atoms in total. The third kappa shape index (κ3) is 3.44. The second kappa shape index (κ2) is 6.02. The van der Waals surface area contributed by atoms with Gasteiger partial charge in [-0.2, -0.15) is 11.3 Å². The summed E-state index contributed by atoms with van der Waals surface area (Å²) in [5.41, 5.74) is 1.83. The topological polar surface area (TPSA) is 29.1 Å². The number of rotatable bonds is 5. The van der Waals surface area contributed by atoms with Crippen LogP contribution in [0, 0.1) is 0 Å². The first-order valence-electron chi connectivity index (χ1n) is 6.45. The van der Waals surface area contributed by atoms with Crippen LogP contribution in [0.1, 0.15) is 25.0 Å². The minimum atomic E-state index is -0.490. The summed E-state index contributed by atoms with van der Waals surface area (Å²) in [6, 6.07) is 12.0. The number of amides is 1. The van der Waals surface area contributed by atoms with E-state index in [1.807, 2.05) is 44.2 Å². The molecule has 0 aliphatic rings. The molecule has 1 aromatic carbocycles. The Labute approximate surface area is 118 Å². The normalized spacial score (nSPS) is 11.3. The van der Waals surface area contributed by atoms with E-state index < -0.39 is 5.41 Å². The van der Waals surface area contributed by atoms with Crippen molar-refractivity contribution in [3.63, 3.8) is 0 Å². The Balaban J connectivity index is 1.92. The molecular weight excluding hydrogens is 254 g/mol. The van der Waals surface area contributed by atoms with Crippen LogP contribution in [0.5, 0.6) is 0 Å². The lowest BCUT2D eigenvalue weighted by Gasteiger charge is -2.24. The summed E-state index contributed by atoms with van der Waals surface area (Å²) in [4.78, 5) is 12.3. The molecule has 1 heterocycles. The van der Waals surface area contributed by atoms with Gasteiger partial charge < -0.3 is 5.32 Å². The number of nitrogens with one attached hydrogen (secondary N) is 1. The molecule has 3 heteroatoms. The zero-order valence-corrected chi connectivity index (χ0v) is 12.2. The Morgan fingerprint density at radius 1 is 1.21 bits per heavy atom. The van der Waals surface area contributed by atoms with E-state index in [1.165, 1.54) is 5.56 Å². The Morgan fingerprint density at radius 2 is 1.95 bits per heavy atom. The van der Waals surface area contributed by atoms with E-state index in [0.717, 1.165) is 12.0 Å². The van der Waals surface area contributed by atoms with Crippen molar-refractivity contribution in [2.45, 2.75) is 25.7 Å². The number of hydrogen-bond donors (Lipinski definition) is 1. The van der Waals surface area contributed by atoms with Gasteiger partial charge in [0, 0.05) is 6.54 Å². The first-order valence-corrected chi connectivity index (χ1v) is 7.40. The van der Waals surface area contributed by atoms with E-state index >= 15 is 0 Å². The molecule has 19 heavy (non-hydrogen) atoms. The number of benzene rings is 1. The van der Waals surface area contributed by atoms with Crippen molar-refractivity contribution in [1.82, 2.24) is 5.32 Å². The fraction of sp³-hybridized carbons (Fsp3) is 0.312. The van der Waals surface area contributed by atoms with E-state index in [4.69, 9.17) is 0 Å².